The summed E-state index contributed by atoms with van der Waals surface area (Å²) < 4.78 is 71.1. The second-order valence-corrected chi connectivity index (χ2v) is 8.98. The van der Waals surface area contributed by atoms with Crippen molar-refractivity contribution in [2.45, 2.75) is 57.7 Å². The molecule has 1 fully saturated rings. The van der Waals surface area contributed by atoms with Crippen LogP contribution >= 0.6 is 11.6 Å². The van der Waals surface area contributed by atoms with Gasteiger partial charge in [0, 0.05) is 17.1 Å². The van der Waals surface area contributed by atoms with Crippen LogP contribution in [-0.2, 0) is 39.6 Å². The lowest BCUT2D eigenvalue weighted by Crippen LogP contribution is -2.62. The lowest BCUT2D eigenvalue weighted by Gasteiger charge is -2.44. The number of ether oxygens (including phenoxy) is 8. The van der Waals surface area contributed by atoms with E-state index < -0.39 is 49.0 Å². The Bertz CT molecular complexity index is 1230. The number of methoxy groups -OCH3 is 1. The Morgan fingerprint density at radius 1 is 0.929 bits per heavy atom. The SMILES string of the molecule is CCOC(=O)O[C@@H]1[C@@H](OC(=O)OCC)C(F)(F)[C@@H](OC(=O)OCC)O[C@H]1c1ccc(Cl)c(Cc2ccc(OC)cn2)c1. The molecule has 42 heavy (non-hydrogen) atoms. The average Bonchev–Trinajstić information content (AvgIpc) is 2.94. The van der Waals surface area contributed by atoms with E-state index in [9.17, 15) is 14.4 Å². The number of carbonyl (C=O) groups excluding carboxylic acids is 3. The maximum atomic E-state index is 15.7. The third-order valence-electron chi connectivity index (χ3n) is 5.81. The predicted octanol–water partition coefficient (Wildman–Crippen LogP) is 5.62. The first-order valence-electron chi connectivity index (χ1n) is 12.8. The highest BCUT2D eigenvalue weighted by Gasteiger charge is 2.65. The molecular weight excluding hydrogens is 588 g/mol. The van der Waals surface area contributed by atoms with Crippen molar-refractivity contribution in [3.63, 3.8) is 0 Å². The van der Waals surface area contributed by atoms with Gasteiger partial charge in [0.05, 0.1) is 33.1 Å². The van der Waals surface area contributed by atoms with Crippen LogP contribution in [0.25, 0.3) is 0 Å². The minimum atomic E-state index is -4.25. The number of rotatable bonds is 10. The van der Waals surface area contributed by atoms with Gasteiger partial charge in [-0.3, -0.25) is 4.98 Å². The average molecular weight is 618 g/mol. The molecule has 1 aromatic carbocycles. The smallest absolute Gasteiger partial charge is 0.495 e. The minimum Gasteiger partial charge on any atom is -0.495 e. The van der Waals surface area contributed by atoms with Gasteiger partial charge in [0.25, 0.3) is 6.29 Å². The fraction of sp³-hybridized carbons (Fsp3) is 0.481. The van der Waals surface area contributed by atoms with E-state index >= 15 is 8.78 Å². The molecule has 1 aliphatic heterocycles. The monoisotopic (exact) mass is 617 g/mol. The number of alkyl halides is 2. The van der Waals surface area contributed by atoms with Crippen LogP contribution in [0.4, 0.5) is 23.2 Å². The van der Waals surface area contributed by atoms with E-state index in [1.165, 1.54) is 52.3 Å². The van der Waals surface area contributed by atoms with Gasteiger partial charge in [0.15, 0.2) is 6.10 Å². The molecule has 2 heterocycles. The number of halogens is 3. The Kier molecular flexibility index (Phi) is 11.5. The van der Waals surface area contributed by atoms with Gasteiger partial charge in [-0.2, -0.15) is 8.78 Å². The van der Waals surface area contributed by atoms with Gasteiger partial charge in [-0.15, -0.1) is 0 Å². The molecule has 0 aliphatic carbocycles. The van der Waals surface area contributed by atoms with Crippen molar-refractivity contribution in [3.05, 3.63) is 58.4 Å². The molecule has 230 valence electrons. The second-order valence-electron chi connectivity index (χ2n) is 8.57. The summed E-state index contributed by atoms with van der Waals surface area (Å²) in [6, 6.07) is 7.80. The second kappa shape index (κ2) is 14.8. The fourth-order valence-electron chi connectivity index (χ4n) is 3.95. The minimum absolute atomic E-state index is 0.147. The van der Waals surface area contributed by atoms with Crippen molar-refractivity contribution in [2.75, 3.05) is 26.9 Å². The first kappa shape index (κ1) is 32.6. The number of hydrogen-bond donors (Lipinski definition) is 0. The molecule has 0 N–H and O–H groups in total. The maximum Gasteiger partial charge on any atom is 0.510 e. The zero-order chi connectivity index (χ0) is 30.9. The Morgan fingerprint density at radius 2 is 1.55 bits per heavy atom. The first-order chi connectivity index (χ1) is 20.0. The van der Waals surface area contributed by atoms with Gasteiger partial charge < -0.3 is 37.9 Å². The van der Waals surface area contributed by atoms with E-state index in [0.29, 0.717) is 22.0 Å². The van der Waals surface area contributed by atoms with Gasteiger partial charge >= 0.3 is 24.4 Å². The zero-order valence-electron chi connectivity index (χ0n) is 23.2. The van der Waals surface area contributed by atoms with Crippen LogP contribution < -0.4 is 4.74 Å². The summed E-state index contributed by atoms with van der Waals surface area (Å²) in [7, 11) is 1.50. The van der Waals surface area contributed by atoms with Crippen molar-refractivity contribution >= 4 is 30.1 Å². The van der Waals surface area contributed by atoms with Crippen LogP contribution in [0.15, 0.2) is 36.5 Å². The third kappa shape index (κ3) is 8.10. The number of hydrogen-bond acceptors (Lipinski definition) is 12. The molecule has 0 spiro atoms. The van der Waals surface area contributed by atoms with Crippen LogP contribution in [0.1, 0.15) is 43.7 Å². The molecule has 0 amide bonds. The van der Waals surface area contributed by atoms with Crippen molar-refractivity contribution in [1.82, 2.24) is 4.98 Å². The molecule has 3 rings (SSSR count). The quantitative estimate of drug-likeness (QED) is 0.241. The standard InChI is InChI=1S/C27H30ClF2NO11/c1-5-36-24(32)40-21-20(15-8-11-19(28)16(12-15)13-17-9-10-18(35-4)14-31-17)39-23(42-26(34)38-7-3)27(29,30)22(21)41-25(33)37-6-2/h8-12,14,20-23H,5-7,13H2,1-4H3/t20-,21-,22+,23+/m0/s1. The van der Waals surface area contributed by atoms with Crippen LogP contribution in [0, 0.1) is 0 Å². The highest BCUT2D eigenvalue weighted by molar-refractivity contribution is 6.31. The van der Waals surface area contributed by atoms with Gasteiger partial charge in [-0.05, 0) is 50.1 Å². The molecule has 4 atom stereocenters. The number of nitrogens with zero attached hydrogens (tertiary/aromatic N) is 1. The van der Waals surface area contributed by atoms with E-state index in [1.807, 2.05) is 0 Å². The van der Waals surface area contributed by atoms with E-state index in [2.05, 4.69) is 14.5 Å². The molecule has 2 aromatic rings. The third-order valence-corrected chi connectivity index (χ3v) is 6.18. The summed E-state index contributed by atoms with van der Waals surface area (Å²) in [5, 5.41) is 0.305. The molecular formula is C27H30ClF2NO11. The molecule has 0 bridgehead atoms. The molecule has 0 unspecified atom stereocenters. The highest BCUT2D eigenvalue weighted by atomic mass is 35.5. The lowest BCUT2D eigenvalue weighted by atomic mass is 9.91. The van der Waals surface area contributed by atoms with Crippen molar-refractivity contribution in [2.24, 2.45) is 0 Å². The zero-order valence-corrected chi connectivity index (χ0v) is 23.9. The van der Waals surface area contributed by atoms with Crippen molar-refractivity contribution in [1.29, 1.82) is 0 Å². The molecule has 1 saturated heterocycles. The van der Waals surface area contributed by atoms with Gasteiger partial charge in [0.1, 0.15) is 11.9 Å². The maximum absolute atomic E-state index is 15.7. The summed E-state index contributed by atoms with van der Waals surface area (Å²) >= 11 is 6.42. The normalized spacial score (nSPS) is 21.0. The summed E-state index contributed by atoms with van der Waals surface area (Å²) in [6.45, 7) is 3.80. The van der Waals surface area contributed by atoms with E-state index in [-0.39, 0.29) is 31.8 Å². The van der Waals surface area contributed by atoms with Crippen molar-refractivity contribution in [3.8, 4) is 5.75 Å². The fourth-order valence-corrected chi connectivity index (χ4v) is 4.14. The molecule has 15 heteroatoms. The summed E-state index contributed by atoms with van der Waals surface area (Å²) in [5.74, 6) is -3.72. The molecule has 1 aliphatic rings. The number of pyridine rings is 1. The van der Waals surface area contributed by atoms with Crippen LogP contribution in [-0.4, -0.2) is 74.8 Å². The molecule has 12 nitrogen and oxygen atoms in total. The van der Waals surface area contributed by atoms with Crippen LogP contribution in [0.2, 0.25) is 5.02 Å². The lowest BCUT2D eigenvalue weighted by molar-refractivity contribution is -0.346. The first-order valence-corrected chi connectivity index (χ1v) is 13.2. The van der Waals surface area contributed by atoms with Gasteiger partial charge in [-0.1, -0.05) is 23.7 Å². The number of aromatic nitrogens is 1. The highest BCUT2D eigenvalue weighted by Crippen LogP contribution is 2.45. The van der Waals surface area contributed by atoms with Crippen molar-refractivity contribution < 1.29 is 61.1 Å². The van der Waals surface area contributed by atoms with E-state index in [4.69, 9.17) is 40.0 Å². The summed E-state index contributed by atoms with van der Waals surface area (Å²) in [5.41, 5.74) is 1.24. The Labute approximate surface area is 245 Å². The molecule has 0 radical (unpaired) electrons. The number of benzene rings is 1. The van der Waals surface area contributed by atoms with Crippen LogP contribution in [0.5, 0.6) is 5.75 Å². The van der Waals surface area contributed by atoms with E-state index in [0.717, 1.165) is 0 Å². The molecule has 0 saturated carbocycles. The summed E-state index contributed by atoms with van der Waals surface area (Å²) in [6.07, 6.45) is -11.4. The topological polar surface area (TPSA) is 138 Å². The van der Waals surface area contributed by atoms with Gasteiger partial charge in [-0.25, -0.2) is 14.4 Å². The van der Waals surface area contributed by atoms with Crippen LogP contribution in [0.3, 0.4) is 0 Å². The Hall–Kier alpha value is -3.91. The van der Waals surface area contributed by atoms with Gasteiger partial charge in [0.2, 0.25) is 6.10 Å². The van der Waals surface area contributed by atoms with E-state index in [1.54, 1.807) is 12.1 Å². The predicted molar refractivity (Wildman–Crippen MR) is 140 cm³/mol. The summed E-state index contributed by atoms with van der Waals surface area (Å²) in [4.78, 5) is 40.9. The Morgan fingerprint density at radius 3 is 2.12 bits per heavy atom. The number of carbonyl (C=O) groups is 3. The molecule has 1 aromatic heterocycles. The Balaban J connectivity index is 2.07. The largest absolute Gasteiger partial charge is 0.510 e.